The zero-order valence-corrected chi connectivity index (χ0v) is 14.3. The summed E-state index contributed by atoms with van der Waals surface area (Å²) in [6, 6.07) is 6.91. The van der Waals surface area contributed by atoms with Gasteiger partial charge in [-0.15, -0.1) is 0 Å². The quantitative estimate of drug-likeness (QED) is 0.775. The Morgan fingerprint density at radius 3 is 2.14 bits per heavy atom. The molecule has 0 radical (unpaired) electrons. The van der Waals surface area contributed by atoms with Crippen LogP contribution in [0.4, 0.5) is 0 Å². The van der Waals surface area contributed by atoms with Crippen molar-refractivity contribution in [1.82, 2.24) is 4.72 Å². The summed E-state index contributed by atoms with van der Waals surface area (Å²) in [5.41, 5.74) is 6.82. The van der Waals surface area contributed by atoms with Crippen LogP contribution in [0.1, 0.15) is 52.0 Å². The van der Waals surface area contributed by atoms with E-state index in [9.17, 15) is 8.42 Å². The van der Waals surface area contributed by atoms with Gasteiger partial charge < -0.3 is 5.73 Å². The van der Waals surface area contributed by atoms with Crippen LogP contribution in [0.2, 0.25) is 0 Å². The molecular formula is C16H28N2O2S. The van der Waals surface area contributed by atoms with Crippen molar-refractivity contribution in [2.75, 3.05) is 6.54 Å². The lowest BCUT2D eigenvalue weighted by Gasteiger charge is -2.19. The van der Waals surface area contributed by atoms with E-state index >= 15 is 0 Å². The summed E-state index contributed by atoms with van der Waals surface area (Å²) in [6.45, 7) is 8.67. The Bertz CT molecular complexity index is 524. The number of hydrogen-bond acceptors (Lipinski definition) is 3. The monoisotopic (exact) mass is 312 g/mol. The van der Waals surface area contributed by atoms with Gasteiger partial charge in [0.05, 0.1) is 4.90 Å². The fraction of sp³-hybridized carbons (Fsp3) is 0.625. The van der Waals surface area contributed by atoms with Crippen LogP contribution in [0.5, 0.6) is 0 Å². The van der Waals surface area contributed by atoms with Crippen molar-refractivity contribution in [2.45, 2.75) is 57.4 Å². The molecular weight excluding hydrogens is 284 g/mol. The maximum absolute atomic E-state index is 12.4. The number of nitrogens with one attached hydrogen (secondary N) is 1. The SMILES string of the molecule is CCC(C)c1ccc(S(=O)(=O)NC(CN)CC(C)C)cc1. The maximum atomic E-state index is 12.4. The van der Waals surface area contributed by atoms with Gasteiger partial charge in [-0.2, -0.15) is 0 Å². The zero-order valence-electron chi connectivity index (χ0n) is 13.5. The number of benzene rings is 1. The molecule has 0 spiro atoms. The van der Waals surface area contributed by atoms with Crippen LogP contribution in [0.15, 0.2) is 29.2 Å². The van der Waals surface area contributed by atoms with Gasteiger partial charge in [-0.25, -0.2) is 13.1 Å². The molecule has 0 saturated carbocycles. The highest BCUT2D eigenvalue weighted by Crippen LogP contribution is 2.20. The van der Waals surface area contributed by atoms with Gasteiger partial charge in [0.1, 0.15) is 0 Å². The largest absolute Gasteiger partial charge is 0.329 e. The first-order chi connectivity index (χ1) is 9.80. The number of sulfonamides is 1. The van der Waals surface area contributed by atoms with Gasteiger partial charge in [-0.1, -0.05) is 39.8 Å². The fourth-order valence-corrected chi connectivity index (χ4v) is 3.52. The van der Waals surface area contributed by atoms with E-state index < -0.39 is 10.0 Å². The van der Waals surface area contributed by atoms with Crippen LogP contribution in [0.3, 0.4) is 0 Å². The van der Waals surface area contributed by atoms with Gasteiger partial charge >= 0.3 is 0 Å². The average molecular weight is 312 g/mol. The molecule has 1 aromatic rings. The van der Waals surface area contributed by atoms with Gasteiger partial charge in [-0.3, -0.25) is 0 Å². The molecule has 0 heterocycles. The minimum absolute atomic E-state index is 0.218. The Morgan fingerprint density at radius 1 is 1.14 bits per heavy atom. The van der Waals surface area contributed by atoms with Crippen molar-refractivity contribution in [2.24, 2.45) is 11.7 Å². The van der Waals surface area contributed by atoms with Gasteiger partial charge in [0.15, 0.2) is 0 Å². The van der Waals surface area contributed by atoms with Crippen molar-refractivity contribution in [1.29, 1.82) is 0 Å². The molecule has 0 fully saturated rings. The summed E-state index contributed by atoms with van der Waals surface area (Å²) >= 11 is 0. The van der Waals surface area contributed by atoms with E-state index in [-0.39, 0.29) is 6.04 Å². The molecule has 5 heteroatoms. The fourth-order valence-electron chi connectivity index (χ4n) is 2.26. The third-order valence-electron chi connectivity index (χ3n) is 3.73. The van der Waals surface area contributed by atoms with Crippen LogP contribution in [0.25, 0.3) is 0 Å². The first-order valence-corrected chi connectivity index (χ1v) is 9.10. The van der Waals surface area contributed by atoms with Crippen LogP contribution in [-0.2, 0) is 10.0 Å². The van der Waals surface area contributed by atoms with E-state index in [4.69, 9.17) is 5.73 Å². The van der Waals surface area contributed by atoms with Crippen molar-refractivity contribution in [3.05, 3.63) is 29.8 Å². The lowest BCUT2D eigenvalue weighted by Crippen LogP contribution is -2.40. The van der Waals surface area contributed by atoms with Crippen molar-refractivity contribution in [3.8, 4) is 0 Å². The summed E-state index contributed by atoms with van der Waals surface area (Å²) in [5, 5.41) is 0. The van der Waals surface area contributed by atoms with E-state index in [0.717, 1.165) is 18.4 Å². The molecule has 21 heavy (non-hydrogen) atoms. The van der Waals surface area contributed by atoms with Gasteiger partial charge in [0.2, 0.25) is 10.0 Å². The Kier molecular flexibility index (Phi) is 6.84. The minimum Gasteiger partial charge on any atom is -0.329 e. The van der Waals surface area contributed by atoms with Crippen LogP contribution >= 0.6 is 0 Å². The lowest BCUT2D eigenvalue weighted by molar-refractivity contribution is 0.465. The van der Waals surface area contributed by atoms with Crippen molar-refractivity contribution >= 4 is 10.0 Å². The topological polar surface area (TPSA) is 72.2 Å². The van der Waals surface area contributed by atoms with E-state index in [1.165, 1.54) is 0 Å². The molecule has 0 amide bonds. The van der Waals surface area contributed by atoms with Gasteiger partial charge in [-0.05, 0) is 42.4 Å². The van der Waals surface area contributed by atoms with E-state index in [2.05, 4.69) is 32.4 Å². The average Bonchev–Trinajstić information content (AvgIpc) is 2.45. The third-order valence-corrected chi connectivity index (χ3v) is 5.27. The number of rotatable bonds is 8. The van der Waals surface area contributed by atoms with Gasteiger partial charge in [0, 0.05) is 12.6 Å². The molecule has 1 rings (SSSR count). The molecule has 0 bridgehead atoms. The Labute approximate surface area is 129 Å². The Balaban J connectivity index is 2.87. The molecule has 120 valence electrons. The molecule has 0 aliphatic heterocycles. The summed E-state index contributed by atoms with van der Waals surface area (Å²) in [5.74, 6) is 0.835. The van der Waals surface area contributed by atoms with Crippen molar-refractivity contribution in [3.63, 3.8) is 0 Å². The summed E-state index contributed by atoms with van der Waals surface area (Å²) < 4.78 is 27.4. The minimum atomic E-state index is -3.50. The first-order valence-electron chi connectivity index (χ1n) is 7.62. The first kappa shape index (κ1) is 18.1. The Hall–Kier alpha value is -0.910. The molecule has 0 aromatic heterocycles. The number of hydrogen-bond donors (Lipinski definition) is 2. The lowest BCUT2D eigenvalue weighted by atomic mass is 9.99. The molecule has 2 unspecified atom stereocenters. The van der Waals surface area contributed by atoms with Gasteiger partial charge in [0.25, 0.3) is 0 Å². The highest BCUT2D eigenvalue weighted by Gasteiger charge is 2.20. The predicted molar refractivity (Wildman–Crippen MR) is 87.8 cm³/mol. The third kappa shape index (κ3) is 5.41. The molecule has 3 N–H and O–H groups in total. The van der Waals surface area contributed by atoms with Crippen LogP contribution < -0.4 is 10.5 Å². The van der Waals surface area contributed by atoms with Crippen LogP contribution in [0, 0.1) is 5.92 Å². The van der Waals surface area contributed by atoms with E-state index in [1.807, 2.05) is 12.1 Å². The zero-order chi connectivity index (χ0) is 16.0. The highest BCUT2D eigenvalue weighted by atomic mass is 32.2. The summed E-state index contributed by atoms with van der Waals surface area (Å²) in [7, 11) is -3.50. The maximum Gasteiger partial charge on any atom is 0.240 e. The summed E-state index contributed by atoms with van der Waals surface area (Å²) in [6.07, 6.45) is 1.77. The molecule has 0 aliphatic rings. The second-order valence-electron chi connectivity index (χ2n) is 6.06. The standard InChI is InChI=1S/C16H28N2O2S/c1-5-13(4)14-6-8-16(9-7-14)21(19,20)18-15(11-17)10-12(2)3/h6-9,12-13,15,18H,5,10-11,17H2,1-4H3. The Morgan fingerprint density at radius 2 is 1.71 bits per heavy atom. The molecule has 0 aliphatic carbocycles. The predicted octanol–water partition coefficient (Wildman–Crippen LogP) is 2.85. The van der Waals surface area contributed by atoms with E-state index in [1.54, 1.807) is 12.1 Å². The second-order valence-corrected chi connectivity index (χ2v) is 7.78. The number of nitrogens with two attached hydrogens (primary N) is 1. The van der Waals surface area contributed by atoms with Crippen LogP contribution in [-0.4, -0.2) is 21.0 Å². The highest BCUT2D eigenvalue weighted by molar-refractivity contribution is 7.89. The molecule has 1 aromatic carbocycles. The second kappa shape index (κ2) is 7.92. The molecule has 0 saturated heterocycles. The molecule has 4 nitrogen and oxygen atoms in total. The smallest absolute Gasteiger partial charge is 0.240 e. The van der Waals surface area contributed by atoms with Crippen molar-refractivity contribution < 1.29 is 8.42 Å². The molecule has 2 atom stereocenters. The normalized spacial score (nSPS) is 15.1. The van der Waals surface area contributed by atoms with E-state index in [0.29, 0.717) is 23.3 Å². The summed E-state index contributed by atoms with van der Waals surface area (Å²) in [4.78, 5) is 0.303.